The molecular formula is C20H22ClF3N4O. The number of aromatic nitrogens is 1. The lowest BCUT2D eigenvalue weighted by atomic mass is 10.1. The molecule has 1 unspecified atom stereocenters. The van der Waals surface area contributed by atoms with Crippen molar-refractivity contribution in [2.24, 2.45) is 0 Å². The van der Waals surface area contributed by atoms with Crippen LogP contribution in [0.25, 0.3) is 0 Å². The number of alkyl halides is 3. The molecule has 0 radical (unpaired) electrons. The fraction of sp³-hybridized carbons (Fsp3) is 0.400. The molecule has 1 aromatic heterocycles. The molecule has 0 spiro atoms. The standard InChI is InChI=1S/C20H22ClF3N4O/c1-14(19(29)26-16-2-3-18(21)17(12-16)20(22,23)24)28-10-8-27(9-11-28)13-15-4-6-25-7-5-15/h2-7,12,14H,8-11,13H2,1H3,(H,26,29). The summed E-state index contributed by atoms with van der Waals surface area (Å²) in [5.41, 5.74) is 0.298. The number of anilines is 1. The SMILES string of the molecule is CC(C(=O)Nc1ccc(Cl)c(C(F)(F)F)c1)N1CCN(Cc2ccncc2)CC1. The number of rotatable bonds is 5. The number of amides is 1. The molecule has 1 N–H and O–H groups in total. The maximum Gasteiger partial charge on any atom is 0.417 e. The third-order valence-corrected chi connectivity index (χ3v) is 5.36. The smallest absolute Gasteiger partial charge is 0.325 e. The van der Waals surface area contributed by atoms with Gasteiger partial charge >= 0.3 is 6.18 Å². The van der Waals surface area contributed by atoms with Crippen LogP contribution >= 0.6 is 11.6 Å². The molecule has 0 saturated carbocycles. The largest absolute Gasteiger partial charge is 0.417 e. The van der Waals surface area contributed by atoms with E-state index in [0.29, 0.717) is 13.1 Å². The summed E-state index contributed by atoms with van der Waals surface area (Å²) in [6.07, 6.45) is -1.05. The van der Waals surface area contributed by atoms with E-state index in [-0.39, 0.29) is 11.6 Å². The number of halogens is 4. The second-order valence-corrected chi connectivity index (χ2v) is 7.43. The number of nitrogens with one attached hydrogen (secondary N) is 1. The first-order valence-electron chi connectivity index (χ1n) is 9.27. The molecule has 3 rings (SSSR count). The van der Waals surface area contributed by atoms with Crippen LogP contribution in [0.3, 0.4) is 0 Å². The summed E-state index contributed by atoms with van der Waals surface area (Å²) in [6.45, 7) is 5.59. The normalized spacial score (nSPS) is 17.1. The molecule has 0 aliphatic carbocycles. The molecule has 1 amide bonds. The molecule has 29 heavy (non-hydrogen) atoms. The molecular weight excluding hydrogens is 405 g/mol. The van der Waals surface area contributed by atoms with E-state index in [4.69, 9.17) is 11.6 Å². The van der Waals surface area contributed by atoms with Gasteiger partial charge in [0.05, 0.1) is 16.6 Å². The number of carbonyl (C=O) groups is 1. The second-order valence-electron chi connectivity index (χ2n) is 7.03. The van der Waals surface area contributed by atoms with Gasteiger partial charge in [-0.3, -0.25) is 19.6 Å². The predicted octanol–water partition coefficient (Wildman–Crippen LogP) is 3.90. The summed E-state index contributed by atoms with van der Waals surface area (Å²) in [7, 11) is 0. The number of hydrogen-bond donors (Lipinski definition) is 1. The summed E-state index contributed by atoms with van der Waals surface area (Å²) >= 11 is 5.62. The van der Waals surface area contributed by atoms with Crippen LogP contribution in [0.1, 0.15) is 18.1 Å². The Morgan fingerprint density at radius 2 is 1.83 bits per heavy atom. The second kappa shape index (κ2) is 9.11. The van der Waals surface area contributed by atoms with Crippen LogP contribution in [-0.2, 0) is 17.5 Å². The Balaban J connectivity index is 1.55. The molecule has 2 aromatic rings. The summed E-state index contributed by atoms with van der Waals surface area (Å²) < 4.78 is 39.0. The molecule has 1 aromatic carbocycles. The fourth-order valence-electron chi connectivity index (χ4n) is 3.29. The topological polar surface area (TPSA) is 48.5 Å². The van der Waals surface area contributed by atoms with Gasteiger partial charge in [0.25, 0.3) is 0 Å². The minimum Gasteiger partial charge on any atom is -0.325 e. The lowest BCUT2D eigenvalue weighted by molar-refractivity contribution is -0.137. The van der Waals surface area contributed by atoms with Gasteiger partial charge in [0.1, 0.15) is 0 Å². The van der Waals surface area contributed by atoms with Gasteiger partial charge in [-0.2, -0.15) is 13.2 Å². The van der Waals surface area contributed by atoms with E-state index < -0.39 is 22.8 Å². The highest BCUT2D eigenvalue weighted by molar-refractivity contribution is 6.31. The number of piperazine rings is 1. The van der Waals surface area contributed by atoms with E-state index in [1.807, 2.05) is 17.0 Å². The number of nitrogens with zero attached hydrogens (tertiary/aromatic N) is 3. The Bertz CT molecular complexity index is 839. The van der Waals surface area contributed by atoms with E-state index in [2.05, 4.69) is 15.2 Å². The number of pyridine rings is 1. The monoisotopic (exact) mass is 426 g/mol. The van der Waals surface area contributed by atoms with Crippen LogP contribution in [-0.4, -0.2) is 52.9 Å². The van der Waals surface area contributed by atoms with Crippen molar-refractivity contribution in [2.75, 3.05) is 31.5 Å². The molecule has 2 heterocycles. The summed E-state index contributed by atoms with van der Waals surface area (Å²) in [5, 5.41) is 2.18. The summed E-state index contributed by atoms with van der Waals surface area (Å²) in [6, 6.07) is 6.87. The zero-order valence-corrected chi connectivity index (χ0v) is 16.7. The van der Waals surface area contributed by atoms with Crippen LogP contribution in [0.15, 0.2) is 42.7 Å². The van der Waals surface area contributed by atoms with Crippen molar-refractivity contribution < 1.29 is 18.0 Å². The van der Waals surface area contributed by atoms with Crippen molar-refractivity contribution >= 4 is 23.2 Å². The molecule has 5 nitrogen and oxygen atoms in total. The number of hydrogen-bond acceptors (Lipinski definition) is 4. The molecule has 1 atom stereocenters. The number of carbonyl (C=O) groups excluding carboxylic acids is 1. The highest BCUT2D eigenvalue weighted by Gasteiger charge is 2.34. The maximum absolute atomic E-state index is 13.0. The van der Waals surface area contributed by atoms with Gasteiger partial charge in [0.15, 0.2) is 0 Å². The van der Waals surface area contributed by atoms with E-state index in [1.165, 1.54) is 11.6 Å². The third-order valence-electron chi connectivity index (χ3n) is 5.03. The average Bonchev–Trinajstić information content (AvgIpc) is 2.69. The fourth-order valence-corrected chi connectivity index (χ4v) is 3.51. The van der Waals surface area contributed by atoms with Crippen molar-refractivity contribution in [2.45, 2.75) is 25.7 Å². The molecule has 1 fully saturated rings. The maximum atomic E-state index is 13.0. The van der Waals surface area contributed by atoms with E-state index in [9.17, 15) is 18.0 Å². The lowest BCUT2D eigenvalue weighted by Gasteiger charge is -2.37. The van der Waals surface area contributed by atoms with Crippen molar-refractivity contribution in [3.8, 4) is 0 Å². The summed E-state index contributed by atoms with van der Waals surface area (Å²) in [4.78, 5) is 20.9. The third kappa shape index (κ3) is 5.68. The van der Waals surface area contributed by atoms with Crippen molar-refractivity contribution in [3.05, 3.63) is 58.9 Å². The quantitative estimate of drug-likeness (QED) is 0.787. The molecule has 1 aliphatic rings. The Hall–Kier alpha value is -2.16. The van der Waals surface area contributed by atoms with Gasteiger partial charge in [0.2, 0.25) is 5.91 Å². The zero-order valence-electron chi connectivity index (χ0n) is 15.9. The average molecular weight is 427 g/mol. The van der Waals surface area contributed by atoms with Crippen LogP contribution in [0.4, 0.5) is 18.9 Å². The van der Waals surface area contributed by atoms with Gasteiger partial charge in [-0.25, -0.2) is 0 Å². The van der Waals surface area contributed by atoms with Crippen LogP contribution in [0.2, 0.25) is 5.02 Å². The van der Waals surface area contributed by atoms with Gasteiger partial charge in [-0.05, 0) is 42.8 Å². The lowest BCUT2D eigenvalue weighted by Crippen LogP contribution is -2.52. The molecule has 1 saturated heterocycles. The van der Waals surface area contributed by atoms with E-state index >= 15 is 0 Å². The minimum absolute atomic E-state index is 0.0786. The van der Waals surface area contributed by atoms with Crippen molar-refractivity contribution in [1.29, 1.82) is 0 Å². The molecule has 9 heteroatoms. The van der Waals surface area contributed by atoms with Crippen molar-refractivity contribution in [3.63, 3.8) is 0 Å². The van der Waals surface area contributed by atoms with Crippen LogP contribution < -0.4 is 5.32 Å². The molecule has 156 valence electrons. The van der Waals surface area contributed by atoms with E-state index in [1.54, 1.807) is 19.3 Å². The first-order valence-corrected chi connectivity index (χ1v) is 9.65. The van der Waals surface area contributed by atoms with Crippen LogP contribution in [0, 0.1) is 0 Å². The van der Waals surface area contributed by atoms with Gasteiger partial charge in [-0.1, -0.05) is 11.6 Å². The Morgan fingerprint density at radius 3 is 2.45 bits per heavy atom. The van der Waals surface area contributed by atoms with Gasteiger partial charge in [-0.15, -0.1) is 0 Å². The first kappa shape index (κ1) is 21.5. The molecule has 1 aliphatic heterocycles. The van der Waals surface area contributed by atoms with Crippen molar-refractivity contribution in [1.82, 2.24) is 14.8 Å². The van der Waals surface area contributed by atoms with Gasteiger partial charge < -0.3 is 5.32 Å². The Kier molecular flexibility index (Phi) is 6.77. The Labute approximate surface area is 172 Å². The highest BCUT2D eigenvalue weighted by Crippen LogP contribution is 2.36. The highest BCUT2D eigenvalue weighted by atomic mass is 35.5. The van der Waals surface area contributed by atoms with Crippen LogP contribution in [0.5, 0.6) is 0 Å². The molecule has 0 bridgehead atoms. The Morgan fingerprint density at radius 1 is 1.17 bits per heavy atom. The predicted molar refractivity (Wildman–Crippen MR) is 106 cm³/mol. The summed E-state index contributed by atoms with van der Waals surface area (Å²) in [5.74, 6) is -0.344. The minimum atomic E-state index is -4.57. The number of benzene rings is 1. The first-order chi connectivity index (χ1) is 13.7. The van der Waals surface area contributed by atoms with Gasteiger partial charge in [0, 0.05) is 50.8 Å². The zero-order chi connectivity index (χ0) is 21.0. The van der Waals surface area contributed by atoms with E-state index in [0.717, 1.165) is 31.8 Å².